The molecule has 0 aliphatic heterocycles. The van der Waals surface area contributed by atoms with E-state index in [0.29, 0.717) is 29.2 Å². The lowest BCUT2D eigenvalue weighted by Crippen LogP contribution is -2.10. The molecule has 6 heteroatoms. The summed E-state index contributed by atoms with van der Waals surface area (Å²) < 4.78 is 17.4. The number of benzene rings is 3. The molecule has 0 aliphatic carbocycles. The highest BCUT2D eigenvalue weighted by atomic mass is 79.9. The van der Waals surface area contributed by atoms with Gasteiger partial charge in [0.25, 0.3) is 0 Å². The van der Waals surface area contributed by atoms with Crippen LogP contribution in [0.4, 0.5) is 0 Å². The molecule has 178 valence electrons. The zero-order valence-corrected chi connectivity index (χ0v) is 20.9. The minimum absolute atomic E-state index is 0.344. The van der Waals surface area contributed by atoms with Crippen molar-refractivity contribution in [1.29, 1.82) is 0 Å². The van der Waals surface area contributed by atoms with Gasteiger partial charge in [0.15, 0.2) is 0 Å². The molecule has 0 radical (unpaired) electrons. The van der Waals surface area contributed by atoms with Crippen LogP contribution in [0, 0.1) is 0 Å². The van der Waals surface area contributed by atoms with Crippen molar-refractivity contribution < 1.29 is 23.8 Å². The maximum atomic E-state index is 12.4. The van der Waals surface area contributed by atoms with Gasteiger partial charge in [0.2, 0.25) is 0 Å². The van der Waals surface area contributed by atoms with Gasteiger partial charge in [-0.1, -0.05) is 55.0 Å². The zero-order valence-electron chi connectivity index (χ0n) is 19.3. The quantitative estimate of drug-likeness (QED) is 0.138. The van der Waals surface area contributed by atoms with E-state index in [2.05, 4.69) is 22.9 Å². The van der Waals surface area contributed by atoms with Gasteiger partial charge in [0, 0.05) is 4.47 Å². The van der Waals surface area contributed by atoms with Crippen LogP contribution >= 0.6 is 15.9 Å². The van der Waals surface area contributed by atoms with E-state index < -0.39 is 11.9 Å². The van der Waals surface area contributed by atoms with Gasteiger partial charge < -0.3 is 14.2 Å². The first-order valence-corrected chi connectivity index (χ1v) is 12.4. The first-order chi connectivity index (χ1) is 16.5. The number of unbranched alkanes of at least 4 members (excludes halogenated alkanes) is 5. The molecule has 0 saturated carbocycles. The van der Waals surface area contributed by atoms with Crippen molar-refractivity contribution in [2.75, 3.05) is 6.61 Å². The van der Waals surface area contributed by atoms with Gasteiger partial charge in [-0.3, -0.25) is 0 Å². The van der Waals surface area contributed by atoms with Crippen molar-refractivity contribution in [1.82, 2.24) is 0 Å². The van der Waals surface area contributed by atoms with Gasteiger partial charge in [-0.2, -0.15) is 0 Å². The molecule has 3 rings (SSSR count). The van der Waals surface area contributed by atoms with Gasteiger partial charge in [-0.05, 0) is 79.2 Å². The van der Waals surface area contributed by atoms with Crippen molar-refractivity contribution in [2.24, 2.45) is 0 Å². The molecule has 0 bridgehead atoms. The fourth-order valence-electron chi connectivity index (χ4n) is 3.25. The summed E-state index contributed by atoms with van der Waals surface area (Å²) in [6.45, 7) is 2.90. The molecule has 3 aromatic carbocycles. The molecule has 0 saturated heterocycles. The maximum Gasteiger partial charge on any atom is 0.343 e. The lowest BCUT2D eigenvalue weighted by atomic mass is 10.1. The summed E-state index contributed by atoms with van der Waals surface area (Å²) in [4.78, 5) is 24.6. The van der Waals surface area contributed by atoms with Crippen LogP contribution < -0.4 is 14.2 Å². The van der Waals surface area contributed by atoms with Crippen LogP contribution in [-0.2, 0) is 0 Å². The Balaban J connectivity index is 1.44. The number of esters is 2. The molecule has 0 amide bonds. The van der Waals surface area contributed by atoms with Crippen molar-refractivity contribution >= 4 is 27.9 Å². The Morgan fingerprint density at radius 2 is 1.06 bits per heavy atom. The number of halogens is 1. The normalized spacial score (nSPS) is 10.5. The fraction of sp³-hybridized carbons (Fsp3) is 0.286. The van der Waals surface area contributed by atoms with Crippen LogP contribution in [0.15, 0.2) is 77.3 Å². The zero-order chi connectivity index (χ0) is 24.2. The van der Waals surface area contributed by atoms with Gasteiger partial charge >= 0.3 is 11.9 Å². The van der Waals surface area contributed by atoms with E-state index in [1.54, 1.807) is 72.8 Å². The Labute approximate surface area is 209 Å². The Morgan fingerprint density at radius 1 is 0.618 bits per heavy atom. The summed E-state index contributed by atoms with van der Waals surface area (Å²) in [7, 11) is 0. The van der Waals surface area contributed by atoms with Gasteiger partial charge in [-0.25, -0.2) is 9.59 Å². The molecule has 0 heterocycles. The summed E-state index contributed by atoms with van der Waals surface area (Å²) in [5.74, 6) is 0.567. The first-order valence-electron chi connectivity index (χ1n) is 11.6. The third-order valence-corrected chi connectivity index (χ3v) is 5.71. The molecular formula is C28H29BrO5. The van der Waals surface area contributed by atoms with Crippen molar-refractivity contribution in [3.05, 3.63) is 88.4 Å². The minimum Gasteiger partial charge on any atom is -0.494 e. The molecule has 0 fully saturated rings. The Hall–Kier alpha value is -3.12. The second-order valence-electron chi connectivity index (χ2n) is 7.90. The van der Waals surface area contributed by atoms with Crippen molar-refractivity contribution in [2.45, 2.75) is 45.4 Å². The number of carbonyl (C=O) groups excluding carboxylic acids is 2. The maximum absolute atomic E-state index is 12.4. The lowest BCUT2D eigenvalue weighted by molar-refractivity contribution is 0.0730. The smallest absolute Gasteiger partial charge is 0.343 e. The van der Waals surface area contributed by atoms with E-state index in [-0.39, 0.29) is 0 Å². The van der Waals surface area contributed by atoms with E-state index in [0.717, 1.165) is 16.6 Å². The highest BCUT2D eigenvalue weighted by Crippen LogP contribution is 2.21. The highest BCUT2D eigenvalue weighted by molar-refractivity contribution is 9.10. The van der Waals surface area contributed by atoms with E-state index in [1.165, 1.54) is 32.1 Å². The van der Waals surface area contributed by atoms with E-state index in [4.69, 9.17) is 14.2 Å². The number of hydrogen-bond donors (Lipinski definition) is 0. The molecule has 0 unspecified atom stereocenters. The molecule has 0 spiro atoms. The molecule has 0 aromatic heterocycles. The fourth-order valence-corrected chi connectivity index (χ4v) is 3.52. The van der Waals surface area contributed by atoms with Gasteiger partial charge in [-0.15, -0.1) is 0 Å². The number of ether oxygens (including phenoxy) is 3. The summed E-state index contributed by atoms with van der Waals surface area (Å²) in [5, 5.41) is 0. The number of hydrogen-bond acceptors (Lipinski definition) is 5. The third-order valence-electron chi connectivity index (χ3n) is 5.18. The van der Waals surface area contributed by atoms with Crippen LogP contribution in [0.5, 0.6) is 17.2 Å². The summed E-state index contributed by atoms with van der Waals surface area (Å²) in [6, 6.07) is 20.1. The first kappa shape index (κ1) is 25.5. The predicted octanol–water partition coefficient (Wildman–Crippen LogP) is 7.63. The molecular weight excluding hydrogens is 496 g/mol. The minimum atomic E-state index is -0.494. The van der Waals surface area contributed by atoms with Gasteiger partial charge in [0.1, 0.15) is 17.2 Å². The topological polar surface area (TPSA) is 61.8 Å². The second-order valence-corrected chi connectivity index (χ2v) is 8.81. The van der Waals surface area contributed by atoms with E-state index >= 15 is 0 Å². The van der Waals surface area contributed by atoms with E-state index in [9.17, 15) is 9.59 Å². The molecule has 0 aliphatic rings. The second kappa shape index (κ2) is 13.6. The average molecular weight is 525 g/mol. The van der Waals surface area contributed by atoms with Gasteiger partial charge in [0.05, 0.1) is 17.7 Å². The highest BCUT2D eigenvalue weighted by Gasteiger charge is 2.12. The van der Waals surface area contributed by atoms with Crippen LogP contribution in [-0.4, -0.2) is 18.5 Å². The molecule has 5 nitrogen and oxygen atoms in total. The Morgan fingerprint density at radius 3 is 1.62 bits per heavy atom. The SMILES string of the molecule is CCCCCCCCOc1ccc(OC(=O)c2ccc(OC(=O)c3ccc(Br)cc3)cc2)cc1. The largest absolute Gasteiger partial charge is 0.494 e. The Bertz CT molecular complexity index is 1040. The molecule has 0 atom stereocenters. The summed E-state index contributed by atoms with van der Waals surface area (Å²) in [5.41, 5.74) is 0.790. The standard InChI is InChI=1S/C28H29BrO5/c1-2-3-4-5-6-7-20-32-24-16-18-26(19-17-24)34-28(31)22-10-14-25(15-11-22)33-27(30)21-8-12-23(29)13-9-21/h8-19H,2-7,20H2,1H3. The summed E-state index contributed by atoms with van der Waals surface area (Å²) >= 11 is 3.33. The monoisotopic (exact) mass is 524 g/mol. The van der Waals surface area contributed by atoms with Crippen molar-refractivity contribution in [3.8, 4) is 17.2 Å². The molecule has 0 N–H and O–H groups in total. The Kier molecular flexibility index (Phi) is 10.2. The molecule has 34 heavy (non-hydrogen) atoms. The van der Waals surface area contributed by atoms with Crippen LogP contribution in [0.25, 0.3) is 0 Å². The number of rotatable bonds is 12. The predicted molar refractivity (Wildman–Crippen MR) is 136 cm³/mol. The van der Waals surface area contributed by atoms with Crippen LogP contribution in [0.2, 0.25) is 0 Å². The van der Waals surface area contributed by atoms with Crippen LogP contribution in [0.3, 0.4) is 0 Å². The number of carbonyl (C=O) groups is 2. The summed E-state index contributed by atoms with van der Waals surface area (Å²) in [6.07, 6.45) is 7.30. The average Bonchev–Trinajstić information content (AvgIpc) is 2.85. The van der Waals surface area contributed by atoms with Crippen LogP contribution in [0.1, 0.15) is 66.2 Å². The molecule has 3 aromatic rings. The lowest BCUT2D eigenvalue weighted by Gasteiger charge is -2.08. The van der Waals surface area contributed by atoms with E-state index in [1.807, 2.05) is 0 Å². The third kappa shape index (κ3) is 8.34. The van der Waals surface area contributed by atoms with Crippen molar-refractivity contribution in [3.63, 3.8) is 0 Å².